The van der Waals surface area contributed by atoms with Crippen LogP contribution in [0.2, 0.25) is 5.02 Å². The van der Waals surface area contributed by atoms with E-state index in [1.807, 2.05) is 24.3 Å². The maximum atomic E-state index is 6.50. The number of hydrogen-bond acceptors (Lipinski definition) is 4. The Balaban J connectivity index is 1.74. The van der Waals surface area contributed by atoms with Crippen LogP contribution in [0.4, 0.5) is 0 Å². The molecule has 1 aromatic carbocycles. The summed E-state index contributed by atoms with van der Waals surface area (Å²) in [7, 11) is 0. The van der Waals surface area contributed by atoms with Gasteiger partial charge in [0, 0.05) is 5.02 Å². The van der Waals surface area contributed by atoms with Crippen LogP contribution in [0.1, 0.15) is 55.8 Å². The van der Waals surface area contributed by atoms with Crippen LogP contribution >= 0.6 is 11.6 Å². The van der Waals surface area contributed by atoms with Crippen LogP contribution in [0.15, 0.2) is 28.8 Å². The van der Waals surface area contributed by atoms with Gasteiger partial charge < -0.3 is 10.3 Å². The van der Waals surface area contributed by atoms with Crippen molar-refractivity contribution < 1.29 is 4.52 Å². The van der Waals surface area contributed by atoms with E-state index in [0.29, 0.717) is 18.1 Å². The number of nitrogens with two attached hydrogens (primary N) is 1. The van der Waals surface area contributed by atoms with E-state index in [4.69, 9.17) is 21.9 Å². The fourth-order valence-corrected chi connectivity index (χ4v) is 3.01. The van der Waals surface area contributed by atoms with Crippen LogP contribution < -0.4 is 5.73 Å². The topological polar surface area (TPSA) is 64.9 Å². The second-order valence-electron chi connectivity index (χ2n) is 5.89. The van der Waals surface area contributed by atoms with Gasteiger partial charge >= 0.3 is 0 Å². The van der Waals surface area contributed by atoms with Gasteiger partial charge in [0.2, 0.25) is 5.89 Å². The lowest BCUT2D eigenvalue weighted by atomic mass is 9.91. The molecule has 0 amide bonds. The molecule has 0 bridgehead atoms. The van der Waals surface area contributed by atoms with Crippen molar-refractivity contribution >= 4 is 11.6 Å². The minimum Gasteiger partial charge on any atom is -0.339 e. The highest BCUT2D eigenvalue weighted by Crippen LogP contribution is 2.32. The molecule has 21 heavy (non-hydrogen) atoms. The van der Waals surface area contributed by atoms with Gasteiger partial charge in [0.15, 0.2) is 5.82 Å². The van der Waals surface area contributed by atoms with Gasteiger partial charge in [-0.05, 0) is 30.5 Å². The second kappa shape index (κ2) is 6.16. The van der Waals surface area contributed by atoms with Crippen molar-refractivity contribution in [2.24, 2.45) is 5.73 Å². The van der Waals surface area contributed by atoms with Crippen molar-refractivity contribution in [1.29, 1.82) is 0 Å². The molecule has 0 saturated heterocycles. The van der Waals surface area contributed by atoms with Gasteiger partial charge in [-0.25, -0.2) is 0 Å². The fraction of sp³-hybridized carbons (Fsp3) is 0.500. The molecule has 3 rings (SSSR count). The average molecular weight is 306 g/mol. The SMILES string of the molecule is NC1(c2noc(Cc3ccc(Cl)cc3)n2)CCCCCC1. The van der Waals surface area contributed by atoms with Gasteiger partial charge in [0.25, 0.3) is 0 Å². The molecular formula is C16H20ClN3O. The molecule has 2 N–H and O–H groups in total. The van der Waals surface area contributed by atoms with Crippen LogP contribution in [0, 0.1) is 0 Å². The molecule has 0 aliphatic heterocycles. The van der Waals surface area contributed by atoms with Crippen molar-refractivity contribution in [2.75, 3.05) is 0 Å². The predicted molar refractivity (Wildman–Crippen MR) is 82.1 cm³/mol. The van der Waals surface area contributed by atoms with Crippen molar-refractivity contribution in [2.45, 2.75) is 50.5 Å². The molecule has 2 aromatic rings. The van der Waals surface area contributed by atoms with E-state index in [1.54, 1.807) is 0 Å². The maximum Gasteiger partial charge on any atom is 0.231 e. The molecule has 112 valence electrons. The molecular weight excluding hydrogens is 286 g/mol. The quantitative estimate of drug-likeness (QED) is 0.875. The fourth-order valence-electron chi connectivity index (χ4n) is 2.89. The van der Waals surface area contributed by atoms with E-state index >= 15 is 0 Å². The first kappa shape index (κ1) is 14.5. The molecule has 4 nitrogen and oxygen atoms in total. The van der Waals surface area contributed by atoms with Gasteiger partial charge in [-0.2, -0.15) is 4.98 Å². The van der Waals surface area contributed by atoms with Crippen LogP contribution in [0.5, 0.6) is 0 Å². The zero-order chi connectivity index (χ0) is 14.7. The number of hydrogen-bond donors (Lipinski definition) is 1. The highest BCUT2D eigenvalue weighted by Gasteiger charge is 2.33. The standard InChI is InChI=1S/C16H20ClN3O/c17-13-7-5-12(6-8-13)11-14-19-15(20-21-14)16(18)9-3-1-2-4-10-16/h5-8H,1-4,9-11,18H2. The van der Waals surface area contributed by atoms with E-state index < -0.39 is 5.54 Å². The summed E-state index contributed by atoms with van der Waals surface area (Å²) in [5, 5.41) is 4.86. The molecule has 1 aliphatic rings. The Kier molecular flexibility index (Phi) is 4.27. The third-order valence-corrected chi connectivity index (χ3v) is 4.43. The summed E-state index contributed by atoms with van der Waals surface area (Å²) in [6, 6.07) is 7.67. The second-order valence-corrected chi connectivity index (χ2v) is 6.32. The lowest BCUT2D eigenvalue weighted by Gasteiger charge is -2.23. The third-order valence-electron chi connectivity index (χ3n) is 4.18. The minimum atomic E-state index is -0.418. The van der Waals surface area contributed by atoms with Crippen LogP contribution in [-0.2, 0) is 12.0 Å². The summed E-state index contributed by atoms with van der Waals surface area (Å²) in [5.74, 6) is 1.27. The summed E-state index contributed by atoms with van der Waals surface area (Å²) in [6.45, 7) is 0. The highest BCUT2D eigenvalue weighted by molar-refractivity contribution is 6.30. The van der Waals surface area contributed by atoms with Gasteiger partial charge in [0.1, 0.15) is 0 Å². The number of halogens is 1. The van der Waals surface area contributed by atoms with E-state index in [2.05, 4.69) is 10.1 Å². The Morgan fingerprint density at radius 2 is 1.76 bits per heavy atom. The van der Waals surface area contributed by atoms with Crippen molar-refractivity contribution in [3.05, 3.63) is 46.6 Å². The lowest BCUT2D eigenvalue weighted by molar-refractivity contribution is 0.326. The summed E-state index contributed by atoms with van der Waals surface area (Å²) >= 11 is 5.89. The van der Waals surface area contributed by atoms with Crippen molar-refractivity contribution in [3.63, 3.8) is 0 Å². The zero-order valence-corrected chi connectivity index (χ0v) is 12.8. The molecule has 0 spiro atoms. The summed E-state index contributed by atoms with van der Waals surface area (Å²) in [5.41, 5.74) is 7.18. The van der Waals surface area contributed by atoms with Gasteiger partial charge in [0.05, 0.1) is 12.0 Å². The van der Waals surface area contributed by atoms with Crippen molar-refractivity contribution in [1.82, 2.24) is 10.1 Å². The third kappa shape index (κ3) is 3.44. The highest BCUT2D eigenvalue weighted by atomic mass is 35.5. The number of benzene rings is 1. The van der Waals surface area contributed by atoms with Crippen LogP contribution in [0.3, 0.4) is 0 Å². The van der Waals surface area contributed by atoms with E-state index in [-0.39, 0.29) is 0 Å². The molecule has 1 saturated carbocycles. The van der Waals surface area contributed by atoms with Gasteiger partial charge in [-0.1, -0.05) is 54.6 Å². The summed E-state index contributed by atoms with van der Waals surface area (Å²) in [6.07, 6.45) is 7.25. The summed E-state index contributed by atoms with van der Waals surface area (Å²) < 4.78 is 5.38. The predicted octanol–water partition coefficient (Wildman–Crippen LogP) is 3.82. The smallest absolute Gasteiger partial charge is 0.231 e. The molecule has 0 radical (unpaired) electrons. The van der Waals surface area contributed by atoms with Crippen LogP contribution in [0.25, 0.3) is 0 Å². The maximum absolute atomic E-state index is 6.50. The molecule has 5 heteroatoms. The number of rotatable bonds is 3. The number of nitrogens with zero attached hydrogens (tertiary/aromatic N) is 2. The lowest BCUT2D eigenvalue weighted by Crippen LogP contribution is -2.37. The van der Waals surface area contributed by atoms with E-state index in [1.165, 1.54) is 12.8 Å². The van der Waals surface area contributed by atoms with Crippen molar-refractivity contribution in [3.8, 4) is 0 Å². The molecule has 1 heterocycles. The molecule has 1 aliphatic carbocycles. The number of aromatic nitrogens is 2. The van der Waals surface area contributed by atoms with Crippen LogP contribution in [-0.4, -0.2) is 10.1 Å². The Bertz CT molecular complexity index is 586. The van der Waals surface area contributed by atoms with E-state index in [0.717, 1.165) is 36.3 Å². The molecule has 1 fully saturated rings. The Hall–Kier alpha value is -1.39. The van der Waals surface area contributed by atoms with Gasteiger partial charge in [-0.15, -0.1) is 0 Å². The van der Waals surface area contributed by atoms with Gasteiger partial charge in [-0.3, -0.25) is 0 Å². The Labute approximate surface area is 129 Å². The average Bonchev–Trinajstić information content (AvgIpc) is 2.84. The first-order chi connectivity index (χ1) is 10.2. The first-order valence-electron chi connectivity index (χ1n) is 7.52. The Morgan fingerprint density at radius 1 is 1.10 bits per heavy atom. The van der Waals surface area contributed by atoms with E-state index in [9.17, 15) is 0 Å². The first-order valence-corrected chi connectivity index (χ1v) is 7.90. The normalized spacial score (nSPS) is 18.4. The molecule has 1 aromatic heterocycles. The minimum absolute atomic E-state index is 0.418. The summed E-state index contributed by atoms with van der Waals surface area (Å²) in [4.78, 5) is 4.53. The monoisotopic (exact) mass is 305 g/mol. The molecule has 0 unspecified atom stereocenters. The molecule has 0 atom stereocenters. The largest absolute Gasteiger partial charge is 0.339 e. The Morgan fingerprint density at radius 3 is 2.43 bits per heavy atom. The zero-order valence-electron chi connectivity index (χ0n) is 12.0.